The van der Waals surface area contributed by atoms with Gasteiger partial charge in [-0.3, -0.25) is 0 Å². The van der Waals surface area contributed by atoms with E-state index in [0.717, 1.165) is 6.42 Å². The summed E-state index contributed by atoms with van der Waals surface area (Å²) in [5.74, 6) is 0. The lowest BCUT2D eigenvalue weighted by Gasteiger charge is -2.51. The Bertz CT molecular complexity index is 3400. The molecule has 370 valence electrons. The quantitative estimate of drug-likeness (QED) is 0.163. The van der Waals surface area contributed by atoms with E-state index in [-0.39, 0.29) is 39.5 Å². The molecule has 4 aliphatic heterocycles. The van der Waals surface area contributed by atoms with Crippen molar-refractivity contribution in [2.75, 3.05) is 19.6 Å². The normalized spacial score (nSPS) is 24.6. The number of benzene rings is 7. The van der Waals surface area contributed by atoms with Crippen molar-refractivity contribution in [1.82, 2.24) is 0 Å². The molecule has 0 radical (unpaired) electrons. The summed E-state index contributed by atoms with van der Waals surface area (Å²) in [6.45, 7) is 29.2. The average Bonchev–Trinajstić information content (AvgIpc) is 3.71. The summed E-state index contributed by atoms with van der Waals surface area (Å²) in [5, 5.41) is 0. The molecule has 0 saturated heterocycles. The van der Waals surface area contributed by atoms with Crippen LogP contribution in [0.5, 0.6) is 0 Å². The standard InChI is InChI=1S/C68H75BN4/c1-44-38-45(2)62-53(39-44)66(10)35-19-21-37-68(66,12)73(62)50-31-32-55-58(41-50)71(49-29-26-46(27-30-49)63(3,4)5)60-43-51(42-59-61(60)69(55)54-24-16-17-25-57(54)70(59)48-22-14-13-15-23-48)72-56-33-28-47(64(6,7)8)40-52(56)65(9)34-18-20-36-67(65,72)11/h13-17,22-33,38-43H,18-21,34-37H2,1-12H3. The van der Waals surface area contributed by atoms with E-state index in [0.29, 0.717) is 0 Å². The van der Waals surface area contributed by atoms with E-state index in [2.05, 4.69) is 242 Å². The molecule has 4 nitrogen and oxygen atoms in total. The van der Waals surface area contributed by atoms with Crippen LogP contribution in [-0.4, -0.2) is 17.8 Å². The molecule has 73 heavy (non-hydrogen) atoms. The van der Waals surface area contributed by atoms with Crippen LogP contribution in [0.2, 0.25) is 0 Å². The summed E-state index contributed by atoms with van der Waals surface area (Å²) >= 11 is 0. The average molecular weight is 959 g/mol. The van der Waals surface area contributed by atoms with E-state index in [4.69, 9.17) is 0 Å². The number of aryl methyl sites for hydroxylation is 2. The summed E-state index contributed by atoms with van der Waals surface area (Å²) in [7, 11) is 0. The lowest BCUT2D eigenvalue weighted by molar-refractivity contribution is 0.195. The van der Waals surface area contributed by atoms with Crippen LogP contribution < -0.4 is 36.0 Å². The molecular weight excluding hydrogens is 884 g/mol. The number of fused-ring (bicyclic) bond motifs is 10. The van der Waals surface area contributed by atoms with Gasteiger partial charge in [-0.2, -0.15) is 0 Å². The zero-order valence-electron chi connectivity index (χ0n) is 45.8. The minimum Gasteiger partial charge on any atom is -0.334 e. The molecule has 0 amide bonds. The largest absolute Gasteiger partial charge is 0.334 e. The maximum atomic E-state index is 2.83. The highest BCUT2D eigenvalue weighted by atomic mass is 15.3. The molecule has 0 aromatic heterocycles. The monoisotopic (exact) mass is 959 g/mol. The first kappa shape index (κ1) is 46.6. The molecule has 2 fully saturated rings. The van der Waals surface area contributed by atoms with Crippen LogP contribution in [0.25, 0.3) is 0 Å². The number of hydrogen-bond donors (Lipinski definition) is 0. The fourth-order valence-corrected chi connectivity index (χ4v) is 15.6. The molecule has 0 bridgehead atoms. The molecule has 2 aliphatic carbocycles. The Morgan fingerprint density at radius 1 is 0.425 bits per heavy atom. The third kappa shape index (κ3) is 6.39. The van der Waals surface area contributed by atoms with Crippen molar-refractivity contribution in [3.8, 4) is 0 Å². The molecule has 13 rings (SSSR count). The molecule has 7 aromatic carbocycles. The van der Waals surface area contributed by atoms with Crippen molar-refractivity contribution < 1.29 is 0 Å². The molecule has 6 aliphatic rings. The second-order valence-corrected chi connectivity index (χ2v) is 26.2. The van der Waals surface area contributed by atoms with Gasteiger partial charge in [-0.05, 0) is 169 Å². The van der Waals surface area contributed by atoms with Crippen LogP contribution in [0.1, 0.15) is 154 Å². The van der Waals surface area contributed by atoms with E-state index in [1.807, 2.05) is 0 Å². The van der Waals surface area contributed by atoms with Crippen molar-refractivity contribution >= 4 is 80.0 Å². The Labute approximate surface area is 437 Å². The first-order chi connectivity index (χ1) is 34.8. The lowest BCUT2D eigenvalue weighted by atomic mass is 9.33. The number of anilines is 10. The van der Waals surface area contributed by atoms with E-state index >= 15 is 0 Å². The van der Waals surface area contributed by atoms with Crippen molar-refractivity contribution in [3.05, 3.63) is 173 Å². The second kappa shape index (κ2) is 15.7. The van der Waals surface area contributed by atoms with Crippen LogP contribution in [-0.2, 0) is 21.7 Å². The van der Waals surface area contributed by atoms with Gasteiger partial charge < -0.3 is 19.6 Å². The molecule has 4 unspecified atom stereocenters. The Kier molecular flexibility index (Phi) is 10.00. The summed E-state index contributed by atoms with van der Waals surface area (Å²) in [6.07, 6.45) is 9.70. The van der Waals surface area contributed by atoms with Crippen LogP contribution in [0.3, 0.4) is 0 Å². The van der Waals surface area contributed by atoms with Crippen molar-refractivity contribution in [1.29, 1.82) is 0 Å². The molecule has 4 atom stereocenters. The third-order valence-corrected chi connectivity index (χ3v) is 20.0. The second-order valence-electron chi connectivity index (χ2n) is 26.2. The first-order valence-electron chi connectivity index (χ1n) is 27.8. The van der Waals surface area contributed by atoms with Gasteiger partial charge in [-0.15, -0.1) is 0 Å². The molecule has 5 heteroatoms. The first-order valence-corrected chi connectivity index (χ1v) is 27.8. The Morgan fingerprint density at radius 3 is 1.63 bits per heavy atom. The number of para-hydroxylation sites is 2. The zero-order chi connectivity index (χ0) is 50.8. The topological polar surface area (TPSA) is 13.0 Å². The van der Waals surface area contributed by atoms with Crippen molar-refractivity contribution in [3.63, 3.8) is 0 Å². The van der Waals surface area contributed by atoms with Crippen LogP contribution in [0.4, 0.5) is 56.9 Å². The van der Waals surface area contributed by atoms with Crippen molar-refractivity contribution in [2.45, 2.75) is 167 Å². The molecule has 7 aromatic rings. The van der Waals surface area contributed by atoms with E-state index in [1.54, 1.807) is 0 Å². The predicted octanol–water partition coefficient (Wildman–Crippen LogP) is 16.5. The molecule has 0 N–H and O–H groups in total. The summed E-state index contributed by atoms with van der Waals surface area (Å²) in [4.78, 5) is 10.9. The van der Waals surface area contributed by atoms with Crippen LogP contribution in [0, 0.1) is 13.8 Å². The molecular formula is C68H75BN4. The fourth-order valence-electron chi connectivity index (χ4n) is 15.6. The highest BCUT2D eigenvalue weighted by molar-refractivity contribution is 7.00. The maximum absolute atomic E-state index is 2.83. The third-order valence-electron chi connectivity index (χ3n) is 20.0. The molecule has 2 saturated carbocycles. The van der Waals surface area contributed by atoms with E-state index < -0.39 is 0 Å². The summed E-state index contributed by atoms with van der Waals surface area (Å²) < 4.78 is 0. The van der Waals surface area contributed by atoms with Gasteiger partial charge in [0, 0.05) is 67.7 Å². The van der Waals surface area contributed by atoms with Gasteiger partial charge in [0.1, 0.15) is 0 Å². The van der Waals surface area contributed by atoms with E-state index in [1.165, 1.54) is 152 Å². The highest BCUT2D eigenvalue weighted by Gasteiger charge is 2.60. The predicted molar refractivity (Wildman–Crippen MR) is 313 cm³/mol. The molecule has 4 heterocycles. The maximum Gasteiger partial charge on any atom is 0.252 e. The number of nitrogens with zero attached hydrogens (tertiary/aromatic N) is 4. The smallest absolute Gasteiger partial charge is 0.252 e. The van der Waals surface area contributed by atoms with Gasteiger partial charge >= 0.3 is 0 Å². The van der Waals surface area contributed by atoms with E-state index in [9.17, 15) is 0 Å². The Hall–Kier alpha value is -6.20. The Balaban J connectivity index is 1.12. The number of hydrogen-bond acceptors (Lipinski definition) is 4. The molecule has 0 spiro atoms. The minimum atomic E-state index is -0.130. The van der Waals surface area contributed by atoms with Gasteiger partial charge in [0.25, 0.3) is 6.71 Å². The zero-order valence-corrected chi connectivity index (χ0v) is 45.8. The van der Waals surface area contributed by atoms with Crippen LogP contribution >= 0.6 is 0 Å². The van der Waals surface area contributed by atoms with Gasteiger partial charge in [0.05, 0.1) is 11.1 Å². The van der Waals surface area contributed by atoms with Gasteiger partial charge in [0.15, 0.2) is 0 Å². The summed E-state index contributed by atoms with van der Waals surface area (Å²) in [5.41, 5.74) is 25.3. The number of rotatable bonds is 4. The lowest BCUT2D eigenvalue weighted by Crippen LogP contribution is -2.61. The van der Waals surface area contributed by atoms with Gasteiger partial charge in [-0.25, -0.2) is 0 Å². The van der Waals surface area contributed by atoms with Crippen LogP contribution in [0.15, 0.2) is 140 Å². The fraction of sp³-hybridized carbons (Fsp3) is 0.382. The van der Waals surface area contributed by atoms with Gasteiger partial charge in [-0.1, -0.05) is 165 Å². The minimum absolute atomic E-state index is 0.0143. The van der Waals surface area contributed by atoms with Crippen molar-refractivity contribution in [2.24, 2.45) is 0 Å². The Morgan fingerprint density at radius 2 is 0.959 bits per heavy atom. The summed E-state index contributed by atoms with van der Waals surface area (Å²) in [6, 6.07) is 55.4. The highest BCUT2D eigenvalue weighted by Crippen LogP contribution is 2.64. The van der Waals surface area contributed by atoms with Gasteiger partial charge in [0.2, 0.25) is 0 Å². The SMILES string of the molecule is Cc1cc(C)c2c(c1)C1(C)CCCCC1(C)N2c1ccc2c(c1)N(c1ccc(C(C)(C)C)cc1)c1cc(N3c4ccc(C(C)(C)C)cc4C4(C)CCCCC34C)cc3c1B2c1ccccc1N3c1ccccc1.